The number of rotatable bonds is 5. The largest absolute Gasteiger partial charge is 0.454 e. The first-order valence-electron chi connectivity index (χ1n) is 19.7. The van der Waals surface area contributed by atoms with Gasteiger partial charge in [-0.2, -0.15) is 0 Å². The number of hydrogen-bond donors (Lipinski definition) is 0. The van der Waals surface area contributed by atoms with Gasteiger partial charge in [0.15, 0.2) is 5.75 Å². The van der Waals surface area contributed by atoms with E-state index in [9.17, 15) is 0 Å². The van der Waals surface area contributed by atoms with Gasteiger partial charge in [0.25, 0.3) is 0 Å². The quantitative estimate of drug-likeness (QED) is 0.164. The molecule has 57 heavy (non-hydrogen) atoms. The van der Waals surface area contributed by atoms with Crippen molar-refractivity contribution in [2.45, 2.75) is 5.41 Å². The molecular weight excluding hydrogens is 691 g/mol. The van der Waals surface area contributed by atoms with Crippen LogP contribution in [0.4, 0.5) is 17.1 Å². The standard InChI is InChI=1S/C55H35NO/c1-2-12-36(13-3-1)37-28-32-42(33-29-37)56(43-34-30-39(31-35-43)45-19-8-15-38-14-4-5-18-44(38)45)50-24-11-23-49-54(50)57-51-25-7-6-20-46(51)55(49)47-21-9-16-40-26-27-41-17-10-22-48(55)53(41)52(40)47/h1-35H. The lowest BCUT2D eigenvalue weighted by Crippen LogP contribution is -2.33. The summed E-state index contributed by atoms with van der Waals surface area (Å²) in [6.07, 6.45) is 0. The van der Waals surface area contributed by atoms with E-state index in [1.54, 1.807) is 0 Å². The van der Waals surface area contributed by atoms with Crippen LogP contribution >= 0.6 is 0 Å². The average Bonchev–Trinajstić information content (AvgIpc) is 3.58. The smallest absolute Gasteiger partial charge is 0.156 e. The highest BCUT2D eigenvalue weighted by atomic mass is 16.5. The summed E-state index contributed by atoms with van der Waals surface area (Å²) in [5, 5.41) is 7.67. The van der Waals surface area contributed by atoms with Crippen molar-refractivity contribution in [3.63, 3.8) is 0 Å². The van der Waals surface area contributed by atoms with E-state index < -0.39 is 5.41 Å². The Morgan fingerprint density at radius 3 is 1.61 bits per heavy atom. The van der Waals surface area contributed by atoms with Crippen molar-refractivity contribution in [2.75, 3.05) is 4.90 Å². The van der Waals surface area contributed by atoms with E-state index in [2.05, 4.69) is 217 Å². The predicted molar refractivity (Wildman–Crippen MR) is 236 cm³/mol. The molecule has 0 amide bonds. The summed E-state index contributed by atoms with van der Waals surface area (Å²) in [6.45, 7) is 0. The highest BCUT2D eigenvalue weighted by Gasteiger charge is 2.50. The van der Waals surface area contributed by atoms with Crippen molar-refractivity contribution >= 4 is 49.4 Å². The third-order valence-electron chi connectivity index (χ3n) is 12.3. The van der Waals surface area contributed by atoms with Gasteiger partial charge >= 0.3 is 0 Å². The van der Waals surface area contributed by atoms with E-state index in [-0.39, 0.29) is 0 Å². The molecule has 0 saturated carbocycles. The van der Waals surface area contributed by atoms with Gasteiger partial charge in [-0.05, 0) is 102 Å². The van der Waals surface area contributed by atoms with E-state index in [0.29, 0.717) is 0 Å². The fourth-order valence-corrected chi connectivity index (χ4v) is 9.86. The van der Waals surface area contributed by atoms with Gasteiger partial charge in [-0.15, -0.1) is 0 Å². The van der Waals surface area contributed by atoms with Crippen LogP contribution in [0.5, 0.6) is 11.5 Å². The average molecular weight is 726 g/mol. The second-order valence-corrected chi connectivity index (χ2v) is 15.2. The normalized spacial score (nSPS) is 13.2. The fraction of sp³-hybridized carbons (Fsp3) is 0.0182. The molecule has 0 radical (unpaired) electrons. The summed E-state index contributed by atoms with van der Waals surface area (Å²) in [5.74, 6) is 1.74. The molecule has 2 heteroatoms. The minimum atomic E-state index is -0.566. The first kappa shape index (κ1) is 31.9. The summed E-state index contributed by atoms with van der Waals surface area (Å²) in [7, 11) is 0. The number of ether oxygens (including phenoxy) is 1. The maximum absolute atomic E-state index is 7.20. The zero-order valence-electron chi connectivity index (χ0n) is 31.1. The number of nitrogens with zero attached hydrogens (tertiary/aromatic N) is 1. The third kappa shape index (κ3) is 4.59. The van der Waals surface area contributed by atoms with E-state index >= 15 is 0 Å². The van der Waals surface area contributed by atoms with E-state index in [4.69, 9.17) is 4.74 Å². The Labute approximate surface area is 331 Å². The Balaban J connectivity index is 1.10. The van der Waals surface area contributed by atoms with E-state index in [1.165, 1.54) is 71.3 Å². The summed E-state index contributed by atoms with van der Waals surface area (Å²) >= 11 is 0. The molecule has 1 aliphatic carbocycles. The lowest BCUT2D eigenvalue weighted by molar-refractivity contribution is 0.437. The van der Waals surface area contributed by atoms with Crippen molar-refractivity contribution < 1.29 is 4.74 Å². The van der Waals surface area contributed by atoms with Gasteiger partial charge in [-0.25, -0.2) is 0 Å². The molecule has 10 aromatic rings. The Morgan fingerprint density at radius 2 is 0.877 bits per heavy atom. The van der Waals surface area contributed by atoms with E-state index in [0.717, 1.165) is 34.1 Å². The van der Waals surface area contributed by atoms with Crippen molar-refractivity contribution in [3.05, 3.63) is 235 Å². The third-order valence-corrected chi connectivity index (χ3v) is 12.3. The Morgan fingerprint density at radius 1 is 0.351 bits per heavy atom. The topological polar surface area (TPSA) is 12.5 Å². The lowest BCUT2D eigenvalue weighted by Gasteiger charge is -2.41. The summed E-state index contributed by atoms with van der Waals surface area (Å²) in [5.41, 5.74) is 12.2. The van der Waals surface area contributed by atoms with Gasteiger partial charge in [-0.1, -0.05) is 176 Å². The van der Waals surface area contributed by atoms with Crippen LogP contribution in [-0.2, 0) is 5.41 Å². The number of benzene rings is 10. The number of fused-ring (bicyclic) bond motifs is 7. The first-order valence-corrected chi connectivity index (χ1v) is 19.7. The van der Waals surface area contributed by atoms with Crippen LogP contribution in [0.2, 0.25) is 0 Å². The predicted octanol–water partition coefficient (Wildman–Crippen LogP) is 14.8. The van der Waals surface area contributed by atoms with Crippen molar-refractivity contribution in [2.24, 2.45) is 0 Å². The molecule has 0 fully saturated rings. The molecule has 10 aromatic carbocycles. The maximum Gasteiger partial charge on any atom is 0.156 e. The fourth-order valence-electron chi connectivity index (χ4n) is 9.86. The monoisotopic (exact) mass is 725 g/mol. The molecule has 12 rings (SSSR count). The van der Waals surface area contributed by atoms with E-state index in [1.807, 2.05) is 0 Å². The van der Waals surface area contributed by atoms with Crippen molar-refractivity contribution in [1.82, 2.24) is 0 Å². The molecule has 1 spiro atoms. The molecule has 2 aliphatic rings. The Hall–Kier alpha value is -7.42. The number of hydrogen-bond acceptors (Lipinski definition) is 2. The molecule has 0 N–H and O–H groups in total. The zero-order valence-corrected chi connectivity index (χ0v) is 31.1. The van der Waals surface area contributed by atoms with Crippen LogP contribution in [0, 0.1) is 0 Å². The minimum absolute atomic E-state index is 0.566. The lowest BCUT2D eigenvalue weighted by atomic mass is 9.65. The molecule has 2 nitrogen and oxygen atoms in total. The second kappa shape index (κ2) is 12.3. The number of para-hydroxylation sites is 2. The Bertz CT molecular complexity index is 3130. The van der Waals surface area contributed by atoms with Crippen LogP contribution in [0.15, 0.2) is 212 Å². The van der Waals surface area contributed by atoms with Crippen LogP contribution in [0.25, 0.3) is 54.6 Å². The summed E-state index contributed by atoms with van der Waals surface area (Å²) in [6, 6.07) is 77.2. The minimum Gasteiger partial charge on any atom is -0.454 e. The van der Waals surface area contributed by atoms with Gasteiger partial charge < -0.3 is 9.64 Å². The second-order valence-electron chi connectivity index (χ2n) is 15.2. The van der Waals surface area contributed by atoms with Crippen molar-refractivity contribution in [3.8, 4) is 33.8 Å². The molecule has 0 bridgehead atoms. The molecular formula is C55H35NO. The molecule has 1 aliphatic heterocycles. The zero-order chi connectivity index (χ0) is 37.5. The molecule has 0 saturated heterocycles. The molecule has 0 aromatic heterocycles. The summed E-state index contributed by atoms with van der Waals surface area (Å²) < 4.78 is 7.20. The van der Waals surface area contributed by atoms with Crippen LogP contribution in [-0.4, -0.2) is 0 Å². The van der Waals surface area contributed by atoms with Gasteiger partial charge in [0.2, 0.25) is 0 Å². The summed E-state index contributed by atoms with van der Waals surface area (Å²) in [4.78, 5) is 2.37. The molecule has 0 atom stereocenters. The molecule has 0 unspecified atom stereocenters. The van der Waals surface area contributed by atoms with Gasteiger partial charge in [0.05, 0.1) is 11.1 Å². The highest BCUT2D eigenvalue weighted by molar-refractivity contribution is 6.16. The van der Waals surface area contributed by atoms with Gasteiger partial charge in [-0.3, -0.25) is 0 Å². The van der Waals surface area contributed by atoms with Crippen LogP contribution in [0.3, 0.4) is 0 Å². The van der Waals surface area contributed by atoms with Crippen molar-refractivity contribution in [1.29, 1.82) is 0 Å². The first-order chi connectivity index (χ1) is 28.3. The molecule has 266 valence electrons. The molecule has 1 heterocycles. The maximum atomic E-state index is 7.20. The SMILES string of the molecule is c1ccc(-c2ccc(N(c3ccc(-c4cccc5ccccc45)cc3)c3cccc4c3Oc3ccccc3C43c4cccc5ccc6cccc3c6c45)cc2)cc1. The van der Waals surface area contributed by atoms with Gasteiger partial charge in [0, 0.05) is 22.5 Å². The highest BCUT2D eigenvalue weighted by Crippen LogP contribution is 2.63. The van der Waals surface area contributed by atoms with Gasteiger partial charge in [0.1, 0.15) is 5.75 Å². The number of anilines is 3. The Kier molecular flexibility index (Phi) is 6.88. The van der Waals surface area contributed by atoms with Crippen LogP contribution < -0.4 is 9.64 Å². The van der Waals surface area contributed by atoms with Crippen LogP contribution in [0.1, 0.15) is 22.3 Å².